The molecule has 1 amide bonds. The number of tetrazole rings is 1. The number of carbonyl (C=O) groups excluding carboxylic acids is 1. The van der Waals surface area contributed by atoms with Crippen molar-refractivity contribution in [2.24, 2.45) is 21.1 Å². The number of allylic oxidation sites excluding steroid dienone is 1. The van der Waals surface area contributed by atoms with Crippen LogP contribution in [-0.2, 0) is 91.9 Å². The lowest BCUT2D eigenvalue weighted by molar-refractivity contribution is -0.115. The van der Waals surface area contributed by atoms with E-state index in [1.54, 1.807) is 12.6 Å². The highest BCUT2D eigenvalue weighted by molar-refractivity contribution is 5.97. The summed E-state index contributed by atoms with van der Waals surface area (Å²) in [5, 5.41) is 51.1. The Bertz CT molecular complexity index is 3420. The van der Waals surface area contributed by atoms with E-state index in [1.165, 1.54) is 22.5 Å². The van der Waals surface area contributed by atoms with Gasteiger partial charge in [-0.15, -0.1) is 25.5 Å². The van der Waals surface area contributed by atoms with Crippen LogP contribution < -0.4 is 0 Å². The van der Waals surface area contributed by atoms with Crippen molar-refractivity contribution in [1.82, 2.24) is 85.1 Å². The lowest BCUT2D eigenvalue weighted by Gasteiger charge is -2.29. The quantitative estimate of drug-likeness (QED) is 0.136. The number of amides is 1. The second-order valence-corrected chi connectivity index (χ2v) is 49.7. The zero-order chi connectivity index (χ0) is 93.4. The predicted molar refractivity (Wildman–Crippen MR) is 484 cm³/mol. The lowest BCUT2D eigenvalue weighted by atomic mass is 9.79. The zero-order valence-electron chi connectivity index (χ0n) is 85.1. The van der Waals surface area contributed by atoms with Crippen molar-refractivity contribution in [1.29, 1.82) is 0 Å². The molecular formula is C94H169N19O5. The number of imidazole rings is 2. The molecule has 0 spiro atoms. The Morgan fingerprint density at radius 2 is 0.712 bits per heavy atom. The summed E-state index contributed by atoms with van der Waals surface area (Å²) in [6.07, 6.45) is 13.2. The Hall–Kier alpha value is -7.66. The van der Waals surface area contributed by atoms with Crippen LogP contribution in [0.15, 0.2) is 83.5 Å². The van der Waals surface area contributed by atoms with Gasteiger partial charge in [0, 0.05) is 116 Å². The number of nitrogens with zero attached hydrogens (tertiary/aromatic N) is 19. The van der Waals surface area contributed by atoms with E-state index in [0.29, 0.717) is 0 Å². The number of rotatable bonds is 0. The van der Waals surface area contributed by atoms with Gasteiger partial charge in [0.2, 0.25) is 0 Å². The molecule has 8 aromatic rings. The maximum atomic E-state index is 11.6. The molecule has 0 bridgehead atoms. The van der Waals surface area contributed by atoms with Crippen molar-refractivity contribution >= 4 is 5.91 Å². The van der Waals surface area contributed by atoms with Crippen LogP contribution in [0.25, 0.3) is 0 Å². The summed E-state index contributed by atoms with van der Waals surface area (Å²) >= 11 is 0. The van der Waals surface area contributed by atoms with E-state index >= 15 is 0 Å². The average Bonchev–Trinajstić information content (AvgIpc) is 1.63. The van der Waals surface area contributed by atoms with E-state index in [2.05, 4.69) is 423 Å². The fourth-order valence-corrected chi connectivity index (χ4v) is 11.6. The second kappa shape index (κ2) is 38.2. The summed E-state index contributed by atoms with van der Waals surface area (Å²) in [5.41, 5.74) is 11.2. The first-order valence-corrected chi connectivity index (χ1v) is 42.0. The summed E-state index contributed by atoms with van der Waals surface area (Å²) in [6.45, 7) is 115. The number of carbonyl (C=O) groups is 1. The minimum atomic E-state index is -0.178. The molecule has 0 unspecified atom stereocenters. The van der Waals surface area contributed by atoms with Gasteiger partial charge in [-0.2, -0.15) is 5.11 Å². The third-order valence-corrected chi connectivity index (χ3v) is 18.1. The van der Waals surface area contributed by atoms with E-state index < -0.39 is 0 Å². The molecule has 0 N–H and O–H groups in total. The summed E-state index contributed by atoms with van der Waals surface area (Å²) < 4.78 is 28.8. The Balaban J connectivity index is 0.000000664. The molecule has 1 aliphatic heterocycles. The Kier molecular flexibility index (Phi) is 35.1. The number of azo groups is 1. The van der Waals surface area contributed by atoms with Gasteiger partial charge in [0.15, 0.2) is 11.6 Å². The molecule has 118 heavy (non-hydrogen) atoms. The number of hydrogen-bond donors (Lipinski definition) is 0. The van der Waals surface area contributed by atoms with E-state index in [1.807, 2.05) is 77.5 Å². The van der Waals surface area contributed by atoms with Gasteiger partial charge in [0.1, 0.15) is 41.3 Å². The molecule has 8 aromatic heterocycles. The fourth-order valence-electron chi connectivity index (χ4n) is 11.6. The third-order valence-electron chi connectivity index (χ3n) is 18.1. The summed E-state index contributed by atoms with van der Waals surface area (Å²) in [5.74, 6) is 3.68. The summed E-state index contributed by atoms with van der Waals surface area (Å²) in [4.78, 5) is 20.0. The van der Waals surface area contributed by atoms with Crippen LogP contribution in [0.1, 0.15) is 442 Å². The van der Waals surface area contributed by atoms with E-state index in [9.17, 15) is 4.79 Å². The molecule has 670 valence electrons. The third kappa shape index (κ3) is 33.4. The molecule has 9 heterocycles. The van der Waals surface area contributed by atoms with Gasteiger partial charge in [0.05, 0.1) is 41.4 Å². The predicted octanol–water partition coefficient (Wildman–Crippen LogP) is 25.1. The molecule has 1 aliphatic rings. The van der Waals surface area contributed by atoms with Crippen LogP contribution in [0.4, 0.5) is 0 Å². The fraction of sp³-hybridized carbons (Fsp3) is 0.766. The van der Waals surface area contributed by atoms with Crippen LogP contribution in [0.5, 0.6) is 0 Å². The Morgan fingerprint density at radius 1 is 0.314 bits per heavy atom. The van der Waals surface area contributed by atoms with Crippen molar-refractivity contribution in [3.63, 3.8) is 0 Å². The highest BCUT2D eigenvalue weighted by Gasteiger charge is 2.39. The number of aromatic nitrogens is 17. The van der Waals surface area contributed by atoms with Crippen LogP contribution in [0.3, 0.4) is 0 Å². The molecule has 24 nitrogen and oxygen atoms in total. The van der Waals surface area contributed by atoms with Crippen molar-refractivity contribution < 1.29 is 23.0 Å². The van der Waals surface area contributed by atoms with Gasteiger partial charge in [-0.25, -0.2) is 19.3 Å². The average molecular weight is 1650 g/mol. The van der Waals surface area contributed by atoms with Crippen LogP contribution in [0.2, 0.25) is 0 Å². The molecular weight excluding hydrogens is 1480 g/mol. The molecule has 0 aliphatic carbocycles. The van der Waals surface area contributed by atoms with Crippen LogP contribution in [0, 0.1) is 10.8 Å². The first-order chi connectivity index (χ1) is 52.0. The maximum Gasteiger partial charge on any atom is 0.293 e. The lowest BCUT2D eigenvalue weighted by Crippen LogP contribution is -2.30. The number of hydrogen-bond acceptors (Lipinski definition) is 19. The minimum absolute atomic E-state index is 0.00259. The van der Waals surface area contributed by atoms with Crippen molar-refractivity contribution in [3.8, 4) is 0 Å². The van der Waals surface area contributed by atoms with Gasteiger partial charge in [-0.1, -0.05) is 311 Å². The van der Waals surface area contributed by atoms with Gasteiger partial charge in [-0.05, 0) is 110 Å². The molecule has 0 aromatic carbocycles. The molecule has 9 rings (SSSR count). The van der Waals surface area contributed by atoms with Gasteiger partial charge in [0.25, 0.3) is 5.91 Å². The van der Waals surface area contributed by atoms with Gasteiger partial charge >= 0.3 is 0 Å². The van der Waals surface area contributed by atoms with E-state index in [4.69, 9.17) is 18.2 Å². The Morgan fingerprint density at radius 3 is 0.975 bits per heavy atom. The normalized spacial score (nSPS) is 14.0. The topological polar surface area (TPSA) is 282 Å². The maximum absolute atomic E-state index is 11.6. The van der Waals surface area contributed by atoms with E-state index in [0.717, 1.165) is 57.2 Å². The SMILES string of the molecule is CC(C)(C)C1=C(C(C)(C)C)C(=O)N=N1.CC(C)(C)c1cncn1C(C)(C)C.CC(C)(C)c1cncn1C(C)(C)C.CC(C)(C)c1cnoc1C(C)(C)C.CC(C)(C)c1conc1C(C)(C)C.CC(C)(C)c1nncn1C(C)(C)C.CC(C)(C)c1nnnn1C(C)(C)C.CC(C)(C)c1nnoc1C(C)(C)C.CC(C)(C)c1nonc1C(C)(C)C. The summed E-state index contributed by atoms with van der Waals surface area (Å²) in [6, 6.07) is 0. The first-order valence-electron chi connectivity index (χ1n) is 42.0. The van der Waals surface area contributed by atoms with Crippen molar-refractivity contribution in [3.05, 3.63) is 124 Å². The zero-order valence-corrected chi connectivity index (χ0v) is 85.1. The largest absolute Gasteiger partial charge is 0.364 e. The standard InChI is InChI=1S/C11H18N2O.2C11H20N2.2C11H19NO.C10H19N3.2C10H18N2O.C9H18N4/c1-10(2,3)7-8(11(4,5)6)12-13-9(7)14;2*1-10(2,3)9-7-12-8-13(9)11(4,5)6;1-10(2,3)8-7-13-12-9(8)11(4,5)6;1-10(2,3)8-7-12-13-9(8)11(4,5)6;1-9(2,3)8-12-11-7-13(8)10(4,5)6;1-9(2,3)7-8(10(4,5)6)13-12-11-7;1-9(2,3)7-8(10(4,5)6)12-13-11-7;1-8(2,3)7-10-11-12-13(7)9(4,5)6/h1-6H3;2*7-8H,1-6H3;3*7H,1-6H3;3*1-6H3. The monoisotopic (exact) mass is 1640 g/mol. The van der Waals surface area contributed by atoms with Gasteiger partial charge in [-0.3, -0.25) is 4.79 Å². The second-order valence-electron chi connectivity index (χ2n) is 49.7. The minimum Gasteiger partial charge on any atom is -0.364 e. The summed E-state index contributed by atoms with van der Waals surface area (Å²) in [7, 11) is 0. The van der Waals surface area contributed by atoms with Crippen LogP contribution >= 0.6 is 0 Å². The van der Waals surface area contributed by atoms with Gasteiger partial charge < -0.3 is 27.3 Å². The smallest absolute Gasteiger partial charge is 0.293 e. The first kappa shape index (κ1) is 108. The molecule has 0 atom stereocenters. The molecule has 24 heteroatoms. The van der Waals surface area contributed by atoms with Crippen LogP contribution in [-0.4, -0.2) is 91.0 Å². The highest BCUT2D eigenvalue weighted by atomic mass is 16.6. The van der Waals surface area contributed by atoms with Crippen molar-refractivity contribution in [2.75, 3.05) is 0 Å². The molecule has 0 fully saturated rings. The highest BCUT2D eigenvalue weighted by Crippen LogP contribution is 2.42. The Labute approximate surface area is 715 Å². The van der Waals surface area contributed by atoms with Crippen molar-refractivity contribution in [2.45, 2.75) is 461 Å². The molecule has 0 saturated carbocycles. The molecule has 0 saturated heterocycles. The van der Waals surface area contributed by atoms with E-state index in [-0.39, 0.29) is 104 Å². The molecule has 0 radical (unpaired) electrons.